The Bertz CT molecular complexity index is 610. The van der Waals surface area contributed by atoms with Crippen molar-refractivity contribution < 1.29 is 9.53 Å². The van der Waals surface area contributed by atoms with Crippen molar-refractivity contribution in [2.45, 2.75) is 32.6 Å². The third-order valence-corrected chi connectivity index (χ3v) is 4.27. The molecule has 0 unspecified atom stereocenters. The van der Waals surface area contributed by atoms with E-state index in [-0.39, 0.29) is 5.91 Å². The van der Waals surface area contributed by atoms with E-state index in [4.69, 9.17) is 4.74 Å². The van der Waals surface area contributed by atoms with Crippen LogP contribution in [0.5, 0.6) is 5.75 Å². The molecule has 2 rings (SSSR count). The van der Waals surface area contributed by atoms with E-state index >= 15 is 0 Å². The van der Waals surface area contributed by atoms with Crippen LogP contribution >= 0.6 is 11.3 Å². The van der Waals surface area contributed by atoms with E-state index in [0.29, 0.717) is 12.8 Å². The fourth-order valence-electron chi connectivity index (χ4n) is 2.10. The van der Waals surface area contributed by atoms with E-state index in [1.165, 1.54) is 0 Å². The molecule has 4 nitrogen and oxygen atoms in total. The van der Waals surface area contributed by atoms with Crippen LogP contribution in [0.4, 0.5) is 0 Å². The summed E-state index contributed by atoms with van der Waals surface area (Å²) < 4.78 is 5.36. The molecule has 0 radical (unpaired) electrons. The summed E-state index contributed by atoms with van der Waals surface area (Å²) in [6, 6.07) is 7.84. The lowest BCUT2D eigenvalue weighted by Gasteiger charge is -2.04. The SMILES string of the molecule is CCCCNC(=O)CCc1csc(-c2ccccc2OC)n1. The summed E-state index contributed by atoms with van der Waals surface area (Å²) in [6.07, 6.45) is 3.28. The maximum atomic E-state index is 11.7. The molecule has 1 aromatic heterocycles. The highest BCUT2D eigenvalue weighted by atomic mass is 32.1. The van der Waals surface area contributed by atoms with Crippen LogP contribution in [-0.2, 0) is 11.2 Å². The summed E-state index contributed by atoms with van der Waals surface area (Å²) in [5.41, 5.74) is 1.95. The summed E-state index contributed by atoms with van der Waals surface area (Å²) in [6.45, 7) is 2.87. The number of carbonyl (C=O) groups excluding carboxylic acids is 1. The monoisotopic (exact) mass is 318 g/mol. The lowest BCUT2D eigenvalue weighted by atomic mass is 10.2. The highest BCUT2D eigenvalue weighted by molar-refractivity contribution is 7.13. The maximum Gasteiger partial charge on any atom is 0.220 e. The second-order valence-corrected chi connectivity index (χ2v) is 5.91. The van der Waals surface area contributed by atoms with E-state index in [9.17, 15) is 4.79 Å². The minimum Gasteiger partial charge on any atom is -0.496 e. The van der Waals surface area contributed by atoms with Gasteiger partial charge in [0.25, 0.3) is 0 Å². The first-order valence-electron chi connectivity index (χ1n) is 7.59. The average molecular weight is 318 g/mol. The molecular weight excluding hydrogens is 296 g/mol. The largest absolute Gasteiger partial charge is 0.496 e. The van der Waals surface area contributed by atoms with Crippen LogP contribution in [0.3, 0.4) is 0 Å². The van der Waals surface area contributed by atoms with Crippen molar-refractivity contribution in [1.29, 1.82) is 0 Å². The Kier molecular flexibility index (Phi) is 6.40. The normalized spacial score (nSPS) is 10.5. The van der Waals surface area contributed by atoms with Crippen LogP contribution in [0.15, 0.2) is 29.6 Å². The molecule has 2 aromatic rings. The molecule has 0 aliphatic carbocycles. The Morgan fingerprint density at radius 2 is 2.18 bits per heavy atom. The van der Waals surface area contributed by atoms with Gasteiger partial charge in [0.05, 0.1) is 18.4 Å². The molecule has 1 heterocycles. The molecule has 1 amide bonds. The van der Waals surface area contributed by atoms with E-state index in [2.05, 4.69) is 17.2 Å². The molecule has 0 fully saturated rings. The van der Waals surface area contributed by atoms with Crippen LogP contribution in [0.25, 0.3) is 10.6 Å². The van der Waals surface area contributed by atoms with Gasteiger partial charge in [0.1, 0.15) is 10.8 Å². The van der Waals surface area contributed by atoms with Crippen molar-refractivity contribution in [3.8, 4) is 16.3 Å². The summed E-state index contributed by atoms with van der Waals surface area (Å²) in [7, 11) is 1.66. The average Bonchev–Trinajstić information content (AvgIpc) is 3.02. The standard InChI is InChI=1S/C17H22N2O2S/c1-3-4-11-18-16(20)10-9-13-12-22-17(19-13)14-7-5-6-8-15(14)21-2/h5-8,12H,3-4,9-11H2,1-2H3,(H,18,20). The topological polar surface area (TPSA) is 51.2 Å². The van der Waals surface area contributed by atoms with Crippen molar-refractivity contribution >= 4 is 17.2 Å². The van der Waals surface area contributed by atoms with Gasteiger partial charge in [0.15, 0.2) is 0 Å². The van der Waals surface area contributed by atoms with E-state index < -0.39 is 0 Å². The molecule has 0 aliphatic rings. The smallest absolute Gasteiger partial charge is 0.220 e. The molecular formula is C17H22N2O2S. The summed E-state index contributed by atoms with van der Waals surface area (Å²) in [4.78, 5) is 16.3. The molecule has 0 bridgehead atoms. The zero-order valence-corrected chi connectivity index (χ0v) is 13.9. The molecule has 5 heteroatoms. The number of hydrogen-bond donors (Lipinski definition) is 1. The lowest BCUT2D eigenvalue weighted by molar-refractivity contribution is -0.121. The first-order chi connectivity index (χ1) is 10.7. The molecule has 1 N–H and O–H groups in total. The third-order valence-electron chi connectivity index (χ3n) is 3.35. The predicted molar refractivity (Wildman–Crippen MR) is 90.3 cm³/mol. The number of amides is 1. The highest BCUT2D eigenvalue weighted by Gasteiger charge is 2.10. The van der Waals surface area contributed by atoms with Gasteiger partial charge in [0.2, 0.25) is 5.91 Å². The maximum absolute atomic E-state index is 11.7. The molecule has 118 valence electrons. The number of nitrogens with one attached hydrogen (secondary N) is 1. The van der Waals surface area contributed by atoms with Gasteiger partial charge in [-0.3, -0.25) is 4.79 Å². The fraction of sp³-hybridized carbons (Fsp3) is 0.412. The number of benzene rings is 1. The highest BCUT2D eigenvalue weighted by Crippen LogP contribution is 2.31. The third kappa shape index (κ3) is 4.56. The van der Waals surface area contributed by atoms with Crippen LogP contribution < -0.4 is 10.1 Å². The Hall–Kier alpha value is -1.88. The summed E-state index contributed by atoms with van der Waals surface area (Å²) in [5.74, 6) is 0.918. The Labute approximate surface area is 135 Å². The Morgan fingerprint density at radius 1 is 1.36 bits per heavy atom. The number of thiazole rings is 1. The number of aromatic nitrogens is 1. The molecule has 0 spiro atoms. The van der Waals surface area contributed by atoms with E-state index in [0.717, 1.165) is 41.4 Å². The van der Waals surface area contributed by atoms with Crippen molar-refractivity contribution in [2.24, 2.45) is 0 Å². The van der Waals surface area contributed by atoms with Crippen LogP contribution in [-0.4, -0.2) is 24.5 Å². The van der Waals surface area contributed by atoms with Gasteiger partial charge < -0.3 is 10.1 Å². The fourth-order valence-corrected chi connectivity index (χ4v) is 2.99. The molecule has 0 atom stereocenters. The van der Waals surface area contributed by atoms with Crippen molar-refractivity contribution in [3.63, 3.8) is 0 Å². The van der Waals surface area contributed by atoms with Crippen LogP contribution in [0, 0.1) is 0 Å². The Balaban J connectivity index is 1.93. The quantitative estimate of drug-likeness (QED) is 0.756. The Morgan fingerprint density at radius 3 is 2.95 bits per heavy atom. The number of unbranched alkanes of at least 4 members (excludes halogenated alkanes) is 1. The zero-order chi connectivity index (χ0) is 15.8. The first kappa shape index (κ1) is 16.5. The summed E-state index contributed by atoms with van der Waals surface area (Å²) in [5, 5.41) is 5.87. The molecule has 1 aromatic carbocycles. The number of hydrogen-bond acceptors (Lipinski definition) is 4. The summed E-state index contributed by atoms with van der Waals surface area (Å²) >= 11 is 1.58. The molecule has 0 aliphatic heterocycles. The number of rotatable bonds is 8. The predicted octanol–water partition coefficient (Wildman–Crippen LogP) is 3.67. The minimum atomic E-state index is 0.0975. The van der Waals surface area contributed by atoms with Gasteiger partial charge in [-0.2, -0.15) is 0 Å². The number of para-hydroxylation sites is 1. The second-order valence-electron chi connectivity index (χ2n) is 5.05. The van der Waals surface area contributed by atoms with Gasteiger partial charge in [0, 0.05) is 18.3 Å². The molecule has 0 saturated heterocycles. The first-order valence-corrected chi connectivity index (χ1v) is 8.47. The van der Waals surface area contributed by atoms with Gasteiger partial charge in [-0.25, -0.2) is 4.98 Å². The van der Waals surface area contributed by atoms with Gasteiger partial charge in [-0.15, -0.1) is 11.3 Å². The number of carbonyl (C=O) groups is 1. The van der Waals surface area contributed by atoms with E-state index in [1.807, 2.05) is 29.6 Å². The lowest BCUT2D eigenvalue weighted by Crippen LogP contribution is -2.24. The van der Waals surface area contributed by atoms with E-state index in [1.54, 1.807) is 18.4 Å². The number of ether oxygens (including phenoxy) is 1. The minimum absolute atomic E-state index is 0.0975. The van der Waals surface area contributed by atoms with Crippen molar-refractivity contribution in [1.82, 2.24) is 10.3 Å². The molecule has 22 heavy (non-hydrogen) atoms. The van der Waals surface area contributed by atoms with Crippen molar-refractivity contribution in [2.75, 3.05) is 13.7 Å². The van der Waals surface area contributed by atoms with Crippen molar-refractivity contribution in [3.05, 3.63) is 35.3 Å². The number of methoxy groups -OCH3 is 1. The number of aryl methyl sites for hydroxylation is 1. The van der Waals surface area contributed by atoms with Gasteiger partial charge in [-0.05, 0) is 25.0 Å². The van der Waals surface area contributed by atoms with Crippen LogP contribution in [0.2, 0.25) is 0 Å². The molecule has 0 saturated carbocycles. The van der Waals surface area contributed by atoms with Gasteiger partial charge in [-0.1, -0.05) is 25.5 Å². The second kappa shape index (κ2) is 8.54. The number of nitrogens with zero attached hydrogens (tertiary/aromatic N) is 1. The van der Waals surface area contributed by atoms with Gasteiger partial charge >= 0.3 is 0 Å². The zero-order valence-electron chi connectivity index (χ0n) is 13.1. The van der Waals surface area contributed by atoms with Crippen LogP contribution in [0.1, 0.15) is 31.9 Å².